The fourth-order valence-electron chi connectivity index (χ4n) is 5.90. The maximum absolute atomic E-state index is 13.8. The van der Waals surface area contributed by atoms with Crippen LogP contribution in [0.1, 0.15) is 15.9 Å². The maximum atomic E-state index is 13.8. The lowest BCUT2D eigenvalue weighted by Crippen LogP contribution is -2.25. The summed E-state index contributed by atoms with van der Waals surface area (Å²) in [6.07, 6.45) is 1.13. The second-order valence-corrected chi connectivity index (χ2v) is 13.8. The molecule has 0 atom stereocenters. The Bertz CT molecular complexity index is 2450. The lowest BCUT2D eigenvalue weighted by molar-refractivity contribution is 0.0964. The first-order valence-electron chi connectivity index (χ1n) is 15.5. The van der Waals surface area contributed by atoms with E-state index in [-0.39, 0.29) is 11.3 Å². The minimum absolute atomic E-state index is 0.249. The highest BCUT2D eigenvalue weighted by Crippen LogP contribution is 2.42. The van der Waals surface area contributed by atoms with Gasteiger partial charge in [-0.25, -0.2) is 12.8 Å². The minimum atomic E-state index is -3.69. The van der Waals surface area contributed by atoms with Gasteiger partial charge in [-0.1, -0.05) is 48.5 Å². The molecule has 7 rings (SSSR count). The number of hydrogen-bond donors (Lipinski definition) is 2. The lowest BCUT2D eigenvalue weighted by Gasteiger charge is -2.21. The summed E-state index contributed by atoms with van der Waals surface area (Å²) >= 11 is 0. The van der Waals surface area contributed by atoms with Gasteiger partial charge in [0.05, 0.1) is 17.5 Å². The van der Waals surface area contributed by atoms with Crippen molar-refractivity contribution in [3.05, 3.63) is 132 Å². The molecule has 0 spiro atoms. The van der Waals surface area contributed by atoms with Crippen molar-refractivity contribution >= 4 is 43.5 Å². The van der Waals surface area contributed by atoms with E-state index in [4.69, 9.17) is 9.15 Å². The zero-order valence-corrected chi connectivity index (χ0v) is 27.8. The monoisotopic (exact) mass is 673 g/mol. The van der Waals surface area contributed by atoms with E-state index < -0.39 is 21.7 Å². The number of furan rings is 1. The quantitative estimate of drug-likeness (QED) is 0.160. The molecule has 0 aliphatic rings. The van der Waals surface area contributed by atoms with Crippen LogP contribution in [0.5, 0.6) is 5.75 Å². The molecule has 0 bridgehead atoms. The number of aromatic nitrogens is 1. The molecule has 1 amide bonds. The second kappa shape index (κ2) is 12.6. The highest BCUT2D eigenvalue weighted by atomic mass is 32.2. The van der Waals surface area contributed by atoms with Crippen LogP contribution in [0.2, 0.25) is 0 Å². The number of rotatable bonds is 9. The molecule has 49 heavy (non-hydrogen) atoms. The molecular weight excluding hydrogens is 642 g/mol. The fraction of sp³-hybridized carbons (Fsp3) is 0.103. The summed E-state index contributed by atoms with van der Waals surface area (Å²) in [6.45, 7) is 0.459. The van der Waals surface area contributed by atoms with Gasteiger partial charge in [0.2, 0.25) is 10.0 Å². The molecule has 2 heterocycles. The van der Waals surface area contributed by atoms with Gasteiger partial charge in [-0.15, -0.1) is 0 Å². The maximum Gasteiger partial charge on any atom is 0.255 e. The number of nitrogens with one attached hydrogen (secondary N) is 2. The first kappa shape index (κ1) is 31.7. The number of fused-ring (bicyclic) bond motifs is 2. The van der Waals surface area contributed by atoms with Gasteiger partial charge in [0.1, 0.15) is 29.5 Å². The number of H-pyrrole nitrogens is 1. The van der Waals surface area contributed by atoms with Crippen LogP contribution in [0.15, 0.2) is 120 Å². The number of carbonyl (C=O) groups excluding carboxylic acids is 1. The van der Waals surface area contributed by atoms with Crippen molar-refractivity contribution in [2.75, 3.05) is 24.7 Å². The molecular formula is C39H32FN3O5S. The molecule has 0 saturated carbocycles. The lowest BCUT2D eigenvalue weighted by atomic mass is 9.96. The molecule has 0 aliphatic heterocycles. The number of benzene rings is 5. The van der Waals surface area contributed by atoms with Crippen molar-refractivity contribution in [3.63, 3.8) is 0 Å². The molecule has 2 aromatic heterocycles. The number of nitrogens with zero attached hydrogens (tertiary/aromatic N) is 1. The molecule has 0 unspecified atom stereocenters. The highest BCUT2D eigenvalue weighted by Gasteiger charge is 2.26. The molecule has 10 heteroatoms. The zero-order valence-electron chi connectivity index (χ0n) is 27.0. The summed E-state index contributed by atoms with van der Waals surface area (Å²) < 4.78 is 52.9. The molecule has 8 nitrogen and oxygen atoms in total. The van der Waals surface area contributed by atoms with Gasteiger partial charge < -0.3 is 19.5 Å². The predicted octanol–water partition coefficient (Wildman–Crippen LogP) is 8.39. The van der Waals surface area contributed by atoms with E-state index in [2.05, 4.69) is 16.4 Å². The number of halogens is 1. The van der Waals surface area contributed by atoms with E-state index in [9.17, 15) is 17.6 Å². The Hall–Kier alpha value is -5.87. The topological polar surface area (TPSA) is 105 Å². The van der Waals surface area contributed by atoms with Crippen LogP contribution in [0, 0.1) is 5.82 Å². The van der Waals surface area contributed by atoms with Gasteiger partial charge in [-0.2, -0.15) is 0 Å². The molecule has 7 aromatic rings. The van der Waals surface area contributed by atoms with Crippen molar-refractivity contribution in [1.82, 2.24) is 10.3 Å². The SMILES string of the molecule is CNC(=O)c1c(-c2ccc(F)cc2)oc2cc(N(C)S(C)(=O)=O)c(-c3cccc(-c4cc5ccc(OCc6ccccc6)cc5[nH]4)c3)cc12. The van der Waals surface area contributed by atoms with Crippen LogP contribution >= 0.6 is 0 Å². The molecule has 0 radical (unpaired) electrons. The number of carbonyl (C=O) groups is 1. The molecule has 0 aliphatic carbocycles. The van der Waals surface area contributed by atoms with E-state index in [0.717, 1.165) is 45.3 Å². The minimum Gasteiger partial charge on any atom is -0.489 e. The Labute approximate surface area is 282 Å². The Balaban J connectivity index is 1.33. The first-order chi connectivity index (χ1) is 23.6. The van der Waals surface area contributed by atoms with E-state index in [0.29, 0.717) is 34.4 Å². The second-order valence-electron chi connectivity index (χ2n) is 11.8. The van der Waals surface area contributed by atoms with E-state index >= 15 is 0 Å². The Kier molecular flexibility index (Phi) is 8.17. The molecule has 5 aromatic carbocycles. The predicted molar refractivity (Wildman–Crippen MR) is 192 cm³/mol. The van der Waals surface area contributed by atoms with Crippen LogP contribution in [-0.4, -0.2) is 39.7 Å². The van der Waals surface area contributed by atoms with Crippen molar-refractivity contribution in [2.24, 2.45) is 0 Å². The summed E-state index contributed by atoms with van der Waals surface area (Å²) in [5, 5.41) is 4.17. The van der Waals surface area contributed by atoms with E-state index in [1.807, 2.05) is 72.8 Å². The number of anilines is 1. The highest BCUT2D eigenvalue weighted by molar-refractivity contribution is 7.92. The van der Waals surface area contributed by atoms with Crippen molar-refractivity contribution in [2.45, 2.75) is 6.61 Å². The van der Waals surface area contributed by atoms with Crippen LogP contribution in [0.4, 0.5) is 10.1 Å². The number of aromatic amines is 1. The third-order valence-electron chi connectivity index (χ3n) is 8.53. The molecule has 0 saturated heterocycles. The standard InChI is InChI=1S/C39H32FN3O5S/c1-41-39(44)37-32-21-31(35(43(2)49(3,45)46)22-36(32)48-38(37)25-12-15-29(40)16-13-25)26-10-7-11-27(18-26)33-19-28-14-17-30(20-34(28)42-33)47-23-24-8-5-4-6-9-24/h4-22,42H,23H2,1-3H3,(H,41,44). The Morgan fingerprint density at radius 2 is 1.63 bits per heavy atom. The number of sulfonamides is 1. The largest absolute Gasteiger partial charge is 0.489 e. The summed E-state index contributed by atoms with van der Waals surface area (Å²) in [5.41, 5.74) is 6.47. The third kappa shape index (κ3) is 6.26. The average molecular weight is 674 g/mol. The number of hydrogen-bond acceptors (Lipinski definition) is 5. The van der Waals surface area contributed by atoms with Gasteiger partial charge in [0.15, 0.2) is 0 Å². The first-order valence-corrected chi connectivity index (χ1v) is 17.4. The summed E-state index contributed by atoms with van der Waals surface area (Å²) in [6, 6.07) is 34.7. The normalized spacial score (nSPS) is 11.6. The van der Waals surface area contributed by atoms with E-state index in [1.54, 1.807) is 12.1 Å². The van der Waals surface area contributed by atoms with Gasteiger partial charge in [0.25, 0.3) is 5.91 Å². The van der Waals surface area contributed by atoms with Crippen LogP contribution in [-0.2, 0) is 16.6 Å². The van der Waals surface area contributed by atoms with Gasteiger partial charge in [-0.3, -0.25) is 9.10 Å². The van der Waals surface area contributed by atoms with E-state index in [1.165, 1.54) is 42.7 Å². The fourth-order valence-corrected chi connectivity index (χ4v) is 6.41. The molecule has 2 N–H and O–H groups in total. The Morgan fingerprint density at radius 3 is 2.37 bits per heavy atom. The summed E-state index contributed by atoms with van der Waals surface area (Å²) in [7, 11) is -0.697. The van der Waals surface area contributed by atoms with Crippen molar-refractivity contribution < 1.29 is 26.8 Å². The molecule has 246 valence electrons. The van der Waals surface area contributed by atoms with Crippen LogP contribution in [0.25, 0.3) is 55.6 Å². The van der Waals surface area contributed by atoms with Gasteiger partial charge >= 0.3 is 0 Å². The van der Waals surface area contributed by atoms with Gasteiger partial charge in [0, 0.05) is 59.3 Å². The number of ether oxygens (including phenoxy) is 1. The summed E-state index contributed by atoms with van der Waals surface area (Å²) in [4.78, 5) is 16.8. The average Bonchev–Trinajstić information content (AvgIpc) is 3.71. The van der Waals surface area contributed by atoms with Crippen molar-refractivity contribution in [1.29, 1.82) is 0 Å². The van der Waals surface area contributed by atoms with Crippen LogP contribution in [0.3, 0.4) is 0 Å². The Morgan fingerprint density at radius 1 is 0.878 bits per heavy atom. The van der Waals surface area contributed by atoms with Crippen molar-refractivity contribution in [3.8, 4) is 39.5 Å². The third-order valence-corrected chi connectivity index (χ3v) is 9.72. The summed E-state index contributed by atoms with van der Waals surface area (Å²) in [5.74, 6) is 0.172. The molecule has 0 fully saturated rings. The smallest absolute Gasteiger partial charge is 0.255 e. The van der Waals surface area contributed by atoms with Crippen LogP contribution < -0.4 is 14.4 Å². The zero-order chi connectivity index (χ0) is 34.3. The van der Waals surface area contributed by atoms with Gasteiger partial charge in [-0.05, 0) is 71.3 Å². The number of amides is 1.